The van der Waals surface area contributed by atoms with E-state index in [1.54, 1.807) is 18.2 Å². The number of rotatable bonds is 3. The second kappa shape index (κ2) is 5.17. The number of hydrogen-bond donors (Lipinski definition) is 0. The molecule has 0 unspecified atom stereocenters. The van der Waals surface area contributed by atoms with Crippen molar-refractivity contribution in [3.8, 4) is 0 Å². The van der Waals surface area contributed by atoms with E-state index in [2.05, 4.69) is 0 Å². The average molecular weight is 289 g/mol. The second-order valence-corrected chi connectivity index (χ2v) is 5.61. The summed E-state index contributed by atoms with van der Waals surface area (Å²) in [5.74, 6) is -0.967. The molecule has 2 aromatic rings. The fraction of sp³-hybridized carbons (Fsp3) is 0.0833. The standard InChI is InChI=1S/C12H7Cl2FOS/c13-9-3-1-2-8(12(9)15)10(16)6-7-4-5-11(14)17-7/h1-5H,6H2. The van der Waals surface area contributed by atoms with E-state index in [1.165, 1.54) is 23.5 Å². The van der Waals surface area contributed by atoms with E-state index in [0.717, 1.165) is 4.88 Å². The van der Waals surface area contributed by atoms with Crippen LogP contribution < -0.4 is 0 Å². The first-order chi connectivity index (χ1) is 8.08. The fourth-order valence-electron chi connectivity index (χ4n) is 1.42. The lowest BCUT2D eigenvalue weighted by atomic mass is 10.1. The molecule has 0 bridgehead atoms. The normalized spacial score (nSPS) is 10.5. The number of ketones is 1. The highest BCUT2D eigenvalue weighted by atomic mass is 35.5. The molecule has 1 aromatic heterocycles. The van der Waals surface area contributed by atoms with Crippen LogP contribution >= 0.6 is 34.5 Å². The Morgan fingerprint density at radius 2 is 2.00 bits per heavy atom. The van der Waals surface area contributed by atoms with Crippen LogP contribution in [0.15, 0.2) is 30.3 Å². The molecule has 88 valence electrons. The quantitative estimate of drug-likeness (QED) is 0.753. The number of carbonyl (C=O) groups excluding carboxylic acids is 1. The van der Waals surface area contributed by atoms with Crippen molar-refractivity contribution in [3.05, 3.63) is 55.9 Å². The summed E-state index contributed by atoms with van der Waals surface area (Å²) in [5.41, 5.74) is 0.0158. The van der Waals surface area contributed by atoms with Crippen LogP contribution in [0.4, 0.5) is 4.39 Å². The summed E-state index contributed by atoms with van der Waals surface area (Å²) in [6, 6.07) is 7.87. The van der Waals surface area contributed by atoms with Gasteiger partial charge in [0.05, 0.1) is 14.9 Å². The summed E-state index contributed by atoms with van der Waals surface area (Å²) in [6.07, 6.45) is 0.134. The van der Waals surface area contributed by atoms with Crippen molar-refractivity contribution in [1.29, 1.82) is 0 Å². The molecule has 0 fully saturated rings. The lowest BCUT2D eigenvalue weighted by Crippen LogP contribution is -2.05. The van der Waals surface area contributed by atoms with Crippen molar-refractivity contribution in [2.24, 2.45) is 0 Å². The first kappa shape index (κ1) is 12.6. The molecule has 0 radical (unpaired) electrons. The molecule has 17 heavy (non-hydrogen) atoms. The highest BCUT2D eigenvalue weighted by Crippen LogP contribution is 2.24. The van der Waals surface area contributed by atoms with Crippen molar-refractivity contribution in [2.45, 2.75) is 6.42 Å². The first-order valence-corrected chi connectivity index (χ1v) is 6.36. The van der Waals surface area contributed by atoms with Crippen LogP contribution in [0.3, 0.4) is 0 Å². The zero-order chi connectivity index (χ0) is 12.4. The van der Waals surface area contributed by atoms with Crippen molar-refractivity contribution in [3.63, 3.8) is 0 Å². The Bertz CT molecular complexity index is 565. The van der Waals surface area contributed by atoms with Gasteiger partial charge in [0, 0.05) is 11.3 Å². The molecule has 0 atom stereocenters. The molecule has 2 rings (SSSR count). The molecular formula is C12H7Cl2FOS. The molecule has 0 amide bonds. The van der Waals surface area contributed by atoms with Gasteiger partial charge in [0.2, 0.25) is 0 Å². The lowest BCUT2D eigenvalue weighted by molar-refractivity contribution is 0.0990. The Morgan fingerprint density at radius 3 is 2.65 bits per heavy atom. The van der Waals surface area contributed by atoms with Crippen LogP contribution in [0.25, 0.3) is 0 Å². The van der Waals surface area contributed by atoms with E-state index in [9.17, 15) is 9.18 Å². The summed E-state index contributed by atoms with van der Waals surface area (Å²) in [5, 5.41) is -0.0416. The van der Waals surface area contributed by atoms with Crippen LogP contribution in [-0.2, 0) is 6.42 Å². The van der Waals surface area contributed by atoms with Gasteiger partial charge in [-0.25, -0.2) is 4.39 Å². The highest BCUT2D eigenvalue weighted by Gasteiger charge is 2.15. The molecule has 0 saturated heterocycles. The molecule has 0 saturated carbocycles. The predicted octanol–water partition coefficient (Wildman–Crippen LogP) is 4.62. The molecule has 0 aliphatic heterocycles. The van der Waals surface area contributed by atoms with Crippen LogP contribution in [0.5, 0.6) is 0 Å². The van der Waals surface area contributed by atoms with E-state index < -0.39 is 5.82 Å². The molecular weight excluding hydrogens is 282 g/mol. The summed E-state index contributed by atoms with van der Waals surface area (Å²) < 4.78 is 14.2. The average Bonchev–Trinajstić information content (AvgIpc) is 2.68. The van der Waals surface area contributed by atoms with Gasteiger partial charge in [-0.1, -0.05) is 29.3 Å². The maximum Gasteiger partial charge on any atom is 0.171 e. The molecule has 0 aliphatic rings. The molecule has 5 heteroatoms. The minimum Gasteiger partial charge on any atom is -0.294 e. The van der Waals surface area contributed by atoms with Crippen LogP contribution in [0.2, 0.25) is 9.36 Å². The van der Waals surface area contributed by atoms with Gasteiger partial charge < -0.3 is 0 Å². The summed E-state index contributed by atoms with van der Waals surface area (Å²) >= 11 is 12.7. The maximum absolute atomic E-state index is 13.6. The molecule has 1 aromatic carbocycles. The molecule has 0 aliphatic carbocycles. The monoisotopic (exact) mass is 288 g/mol. The number of hydrogen-bond acceptors (Lipinski definition) is 2. The first-order valence-electron chi connectivity index (χ1n) is 4.79. The van der Waals surface area contributed by atoms with E-state index in [1.807, 2.05) is 0 Å². The van der Waals surface area contributed by atoms with Gasteiger partial charge in [-0.3, -0.25) is 4.79 Å². The van der Waals surface area contributed by atoms with Crippen molar-refractivity contribution >= 4 is 40.3 Å². The SMILES string of the molecule is O=C(Cc1ccc(Cl)s1)c1cccc(Cl)c1F. The van der Waals surface area contributed by atoms with Crippen molar-refractivity contribution in [2.75, 3.05) is 0 Å². The van der Waals surface area contributed by atoms with Crippen LogP contribution in [0, 0.1) is 5.82 Å². The number of thiophene rings is 1. The largest absolute Gasteiger partial charge is 0.294 e. The Kier molecular flexibility index (Phi) is 3.82. The van der Waals surface area contributed by atoms with E-state index >= 15 is 0 Å². The van der Waals surface area contributed by atoms with Gasteiger partial charge >= 0.3 is 0 Å². The highest BCUT2D eigenvalue weighted by molar-refractivity contribution is 7.16. The third kappa shape index (κ3) is 2.86. The Balaban J connectivity index is 2.23. The Hall–Kier alpha value is -0.900. The molecule has 1 nitrogen and oxygen atoms in total. The van der Waals surface area contributed by atoms with Crippen LogP contribution in [-0.4, -0.2) is 5.78 Å². The molecule has 0 N–H and O–H groups in total. The van der Waals surface area contributed by atoms with E-state index in [0.29, 0.717) is 4.34 Å². The minimum absolute atomic E-state index is 0.0158. The second-order valence-electron chi connectivity index (χ2n) is 3.41. The number of Topliss-reactive ketones (excluding diaryl/α,β-unsaturated/α-hetero) is 1. The van der Waals surface area contributed by atoms with E-state index in [-0.39, 0.29) is 22.8 Å². The number of halogens is 3. The van der Waals surface area contributed by atoms with Gasteiger partial charge in [-0.2, -0.15) is 0 Å². The molecule has 1 heterocycles. The number of carbonyl (C=O) groups is 1. The third-order valence-corrected chi connectivity index (χ3v) is 3.74. The van der Waals surface area contributed by atoms with Crippen molar-refractivity contribution in [1.82, 2.24) is 0 Å². The minimum atomic E-state index is -0.665. The Morgan fingerprint density at radius 1 is 1.24 bits per heavy atom. The summed E-state index contributed by atoms with van der Waals surface area (Å²) in [7, 11) is 0. The zero-order valence-electron chi connectivity index (χ0n) is 8.54. The smallest absolute Gasteiger partial charge is 0.171 e. The summed E-state index contributed by atoms with van der Waals surface area (Å²) in [4.78, 5) is 12.7. The Labute approximate surface area is 112 Å². The topological polar surface area (TPSA) is 17.1 Å². The summed E-state index contributed by atoms with van der Waals surface area (Å²) in [6.45, 7) is 0. The fourth-order valence-corrected chi connectivity index (χ4v) is 2.68. The van der Waals surface area contributed by atoms with Gasteiger partial charge in [0.15, 0.2) is 11.6 Å². The van der Waals surface area contributed by atoms with Gasteiger partial charge in [-0.05, 0) is 24.3 Å². The number of benzene rings is 1. The maximum atomic E-state index is 13.6. The van der Waals surface area contributed by atoms with Gasteiger partial charge in [-0.15, -0.1) is 11.3 Å². The third-order valence-electron chi connectivity index (χ3n) is 2.22. The van der Waals surface area contributed by atoms with E-state index in [4.69, 9.17) is 23.2 Å². The molecule has 0 spiro atoms. The van der Waals surface area contributed by atoms with Crippen LogP contribution in [0.1, 0.15) is 15.2 Å². The van der Waals surface area contributed by atoms with Gasteiger partial charge in [0.1, 0.15) is 0 Å². The van der Waals surface area contributed by atoms with Gasteiger partial charge in [0.25, 0.3) is 0 Å². The van der Waals surface area contributed by atoms with Crippen molar-refractivity contribution < 1.29 is 9.18 Å². The predicted molar refractivity (Wildman–Crippen MR) is 68.8 cm³/mol. The zero-order valence-corrected chi connectivity index (χ0v) is 10.9. The lowest BCUT2D eigenvalue weighted by Gasteiger charge is -2.02.